The van der Waals surface area contributed by atoms with Gasteiger partial charge in [-0.05, 0) is 81.1 Å². The molecule has 5 rings (SSSR count). The van der Waals surface area contributed by atoms with E-state index in [9.17, 15) is 9.90 Å². The molecule has 2 aliphatic rings. The molecule has 12 heteroatoms. The topological polar surface area (TPSA) is 115 Å². The van der Waals surface area contributed by atoms with E-state index in [1.807, 2.05) is 25.1 Å². The van der Waals surface area contributed by atoms with Crippen molar-refractivity contribution in [3.05, 3.63) is 58.3 Å². The van der Waals surface area contributed by atoms with E-state index in [4.69, 9.17) is 38.0 Å². The van der Waals surface area contributed by atoms with Gasteiger partial charge in [-0.25, -0.2) is 15.0 Å². The molecule has 2 aromatic heterocycles. The molecule has 1 atom stereocenters. The van der Waals surface area contributed by atoms with Crippen molar-refractivity contribution >= 4 is 35.3 Å². The van der Waals surface area contributed by atoms with Crippen molar-refractivity contribution in [1.29, 1.82) is 0 Å². The minimum Gasteiger partial charge on any atom is -0.419 e. The number of hydrogen-bond acceptors (Lipinski definition) is 10. The second kappa shape index (κ2) is 17.7. The lowest BCUT2D eigenvalue weighted by Gasteiger charge is -2.35. The number of aliphatic hydroxyl groups excluding tert-OH is 2. The van der Waals surface area contributed by atoms with Gasteiger partial charge in [-0.15, -0.1) is 0 Å². The number of aldehydes is 1. The van der Waals surface area contributed by atoms with E-state index in [-0.39, 0.29) is 12.5 Å². The molecule has 0 aliphatic carbocycles. The number of rotatable bonds is 12. The van der Waals surface area contributed by atoms with Crippen LogP contribution in [0.3, 0.4) is 0 Å². The second-order valence-electron chi connectivity index (χ2n) is 11.6. The third-order valence-corrected chi connectivity index (χ3v) is 8.76. The van der Waals surface area contributed by atoms with Gasteiger partial charge in [-0.2, -0.15) is 0 Å². The SMILES string of the molecule is CC(C=O)CCN1CCN(c2cnc(Oc3cc(CN4CCC(CCO)CC4)cc(-c4cc(Cl)cc(Cl)c4)n3)cn2)CC1.CO. The van der Waals surface area contributed by atoms with Crippen molar-refractivity contribution in [3.63, 3.8) is 0 Å². The molecule has 3 aromatic rings. The summed E-state index contributed by atoms with van der Waals surface area (Å²) in [6.45, 7) is 9.46. The highest BCUT2D eigenvalue weighted by Gasteiger charge is 2.21. The summed E-state index contributed by atoms with van der Waals surface area (Å²) in [7, 11) is 1.00. The fourth-order valence-corrected chi connectivity index (χ4v) is 6.24. The third-order valence-electron chi connectivity index (χ3n) is 8.32. The van der Waals surface area contributed by atoms with Crippen LogP contribution >= 0.6 is 23.2 Å². The van der Waals surface area contributed by atoms with Crippen molar-refractivity contribution in [3.8, 4) is 23.0 Å². The summed E-state index contributed by atoms with van der Waals surface area (Å²) in [5.41, 5.74) is 2.60. The van der Waals surface area contributed by atoms with Gasteiger partial charge >= 0.3 is 0 Å². The third kappa shape index (κ3) is 10.6. The van der Waals surface area contributed by atoms with Crippen LogP contribution in [0.4, 0.5) is 5.82 Å². The molecule has 0 radical (unpaired) electrons. The molecule has 0 bridgehead atoms. The minimum atomic E-state index is 0.0981. The number of hydrogen-bond donors (Lipinski definition) is 2. The largest absolute Gasteiger partial charge is 0.419 e. The summed E-state index contributed by atoms with van der Waals surface area (Å²) >= 11 is 12.6. The molecule has 2 saturated heterocycles. The molecule has 1 unspecified atom stereocenters. The Balaban J connectivity index is 0.00000226. The van der Waals surface area contributed by atoms with E-state index < -0.39 is 0 Å². The van der Waals surface area contributed by atoms with Gasteiger partial charge < -0.3 is 24.6 Å². The van der Waals surface area contributed by atoms with E-state index >= 15 is 0 Å². The maximum absolute atomic E-state index is 10.9. The Morgan fingerprint density at radius 2 is 1.64 bits per heavy atom. The maximum atomic E-state index is 10.9. The van der Waals surface area contributed by atoms with E-state index in [0.717, 1.165) is 114 Å². The molecule has 244 valence electrons. The summed E-state index contributed by atoms with van der Waals surface area (Å²) in [6.07, 6.45) is 8.35. The lowest BCUT2D eigenvalue weighted by atomic mass is 9.93. The molecule has 2 aliphatic heterocycles. The Kier molecular flexibility index (Phi) is 13.8. The van der Waals surface area contributed by atoms with Gasteiger partial charge in [0.25, 0.3) is 0 Å². The average molecular weight is 660 g/mol. The number of aromatic nitrogens is 3. The van der Waals surface area contributed by atoms with Crippen LogP contribution in [0.25, 0.3) is 11.3 Å². The van der Waals surface area contributed by atoms with Crippen LogP contribution in [0.1, 0.15) is 38.2 Å². The molecule has 2 N–H and O–H groups in total. The van der Waals surface area contributed by atoms with Crippen LogP contribution < -0.4 is 9.64 Å². The molecular formula is C33H44Cl2N6O4. The first-order valence-electron chi connectivity index (χ1n) is 15.6. The quantitative estimate of drug-likeness (QED) is 0.252. The lowest BCUT2D eigenvalue weighted by molar-refractivity contribution is -0.110. The Labute approximate surface area is 276 Å². The van der Waals surface area contributed by atoms with Gasteiger partial charge in [0.1, 0.15) is 12.1 Å². The highest BCUT2D eigenvalue weighted by atomic mass is 35.5. The Morgan fingerprint density at radius 3 is 2.27 bits per heavy atom. The number of aliphatic hydroxyl groups is 2. The van der Waals surface area contributed by atoms with E-state index in [1.165, 1.54) is 0 Å². The monoisotopic (exact) mass is 658 g/mol. The summed E-state index contributed by atoms with van der Waals surface area (Å²) in [6, 6.07) is 9.41. The van der Waals surface area contributed by atoms with Crippen LogP contribution in [0.2, 0.25) is 10.0 Å². The molecule has 0 amide bonds. The molecule has 0 saturated carbocycles. The van der Waals surface area contributed by atoms with Gasteiger partial charge in [0.05, 0.1) is 18.1 Å². The highest BCUT2D eigenvalue weighted by molar-refractivity contribution is 6.35. The standard InChI is InChI=1S/C32H40Cl2N6O3.CH4O/c1-23(22-42)2-6-38-9-11-40(12-10-38)30-19-36-32(20-35-30)43-31-15-25(21-39-7-3-24(4-8-39)5-13-41)14-29(37-31)26-16-27(33)18-28(34)17-26;1-2/h14-20,22-24,41H,2-13,21H2,1H3;2H,1H3. The Hall–Kier alpha value is -2.86. The van der Waals surface area contributed by atoms with Crippen LogP contribution in [-0.4, -0.2) is 101 Å². The smallest absolute Gasteiger partial charge is 0.239 e. The van der Waals surface area contributed by atoms with Crippen molar-refractivity contribution in [2.24, 2.45) is 11.8 Å². The Bertz CT molecular complexity index is 1330. The first-order valence-corrected chi connectivity index (χ1v) is 16.3. The number of benzene rings is 1. The molecule has 4 heterocycles. The van der Waals surface area contributed by atoms with Crippen LogP contribution in [0.15, 0.2) is 42.7 Å². The van der Waals surface area contributed by atoms with Crippen molar-refractivity contribution in [2.45, 2.75) is 39.2 Å². The number of piperazine rings is 1. The summed E-state index contributed by atoms with van der Waals surface area (Å²) in [5, 5.41) is 17.4. The molecule has 0 spiro atoms. The number of likely N-dealkylation sites (tertiary alicyclic amines) is 1. The van der Waals surface area contributed by atoms with Gasteiger partial charge in [0, 0.05) is 74.0 Å². The summed E-state index contributed by atoms with van der Waals surface area (Å²) in [4.78, 5) is 31.9. The van der Waals surface area contributed by atoms with Gasteiger partial charge in [-0.1, -0.05) is 30.1 Å². The predicted molar refractivity (Wildman–Crippen MR) is 178 cm³/mol. The summed E-state index contributed by atoms with van der Waals surface area (Å²) < 4.78 is 6.15. The zero-order valence-electron chi connectivity index (χ0n) is 26.1. The number of pyridine rings is 1. The minimum absolute atomic E-state index is 0.0981. The molecule has 1 aromatic carbocycles. The van der Waals surface area contributed by atoms with Crippen molar-refractivity contribution in [2.75, 3.05) is 64.4 Å². The zero-order chi connectivity index (χ0) is 32.2. The van der Waals surface area contributed by atoms with Crippen molar-refractivity contribution < 1.29 is 19.7 Å². The molecule has 45 heavy (non-hydrogen) atoms. The van der Waals surface area contributed by atoms with E-state index in [1.54, 1.807) is 18.5 Å². The Morgan fingerprint density at radius 1 is 0.933 bits per heavy atom. The van der Waals surface area contributed by atoms with Crippen LogP contribution in [0, 0.1) is 11.8 Å². The number of carbonyl (C=O) groups excluding carboxylic acids is 1. The van der Waals surface area contributed by atoms with Crippen LogP contribution in [-0.2, 0) is 11.3 Å². The zero-order valence-corrected chi connectivity index (χ0v) is 27.6. The van der Waals surface area contributed by atoms with E-state index in [0.29, 0.717) is 27.7 Å². The number of carbonyl (C=O) groups is 1. The second-order valence-corrected chi connectivity index (χ2v) is 12.5. The van der Waals surface area contributed by atoms with E-state index in [2.05, 4.69) is 30.7 Å². The number of piperidine rings is 1. The molecule has 10 nitrogen and oxygen atoms in total. The first kappa shape index (κ1) is 35.0. The fourth-order valence-electron chi connectivity index (χ4n) is 5.71. The predicted octanol–water partition coefficient (Wildman–Crippen LogP) is 5.19. The number of ether oxygens (including phenoxy) is 1. The maximum Gasteiger partial charge on any atom is 0.239 e. The molecular weight excluding hydrogens is 615 g/mol. The highest BCUT2D eigenvalue weighted by Crippen LogP contribution is 2.31. The first-order chi connectivity index (χ1) is 21.9. The van der Waals surface area contributed by atoms with Crippen LogP contribution in [0.5, 0.6) is 11.8 Å². The molecule has 2 fully saturated rings. The number of anilines is 1. The fraction of sp³-hybridized carbons (Fsp3) is 0.515. The normalized spacial score (nSPS) is 17.0. The summed E-state index contributed by atoms with van der Waals surface area (Å²) in [5.74, 6) is 2.30. The van der Waals surface area contributed by atoms with Gasteiger partial charge in [0.2, 0.25) is 11.8 Å². The van der Waals surface area contributed by atoms with Gasteiger partial charge in [-0.3, -0.25) is 9.80 Å². The van der Waals surface area contributed by atoms with Crippen molar-refractivity contribution in [1.82, 2.24) is 24.8 Å². The van der Waals surface area contributed by atoms with Gasteiger partial charge in [0.15, 0.2) is 0 Å². The average Bonchev–Trinajstić information content (AvgIpc) is 3.06. The number of nitrogens with zero attached hydrogens (tertiary/aromatic N) is 6. The lowest BCUT2D eigenvalue weighted by Crippen LogP contribution is -2.47. The number of halogens is 2.